The summed E-state index contributed by atoms with van der Waals surface area (Å²) in [5.74, 6) is -0.763. The summed E-state index contributed by atoms with van der Waals surface area (Å²) in [7, 11) is 0. The summed E-state index contributed by atoms with van der Waals surface area (Å²) in [6, 6.07) is 7.43. The van der Waals surface area contributed by atoms with Gasteiger partial charge in [-0.15, -0.1) is 0 Å². The first-order valence-corrected chi connectivity index (χ1v) is 14.6. The van der Waals surface area contributed by atoms with E-state index in [9.17, 15) is 24.8 Å². The second-order valence-electron chi connectivity index (χ2n) is 10.6. The van der Waals surface area contributed by atoms with Crippen LogP contribution in [-0.4, -0.2) is 58.5 Å². The molecule has 0 saturated carbocycles. The normalized spacial score (nSPS) is 17.3. The molecule has 9 nitrogen and oxygen atoms in total. The molecule has 0 radical (unpaired) electrons. The minimum absolute atomic E-state index is 0.0458. The second kappa shape index (κ2) is 16.7. The van der Waals surface area contributed by atoms with E-state index in [2.05, 4.69) is 37.9 Å². The third-order valence-corrected chi connectivity index (χ3v) is 7.73. The van der Waals surface area contributed by atoms with Crippen molar-refractivity contribution in [2.24, 2.45) is 22.1 Å². The molecule has 0 spiro atoms. The number of azo groups is 1. The molecule has 1 aromatic carbocycles. The Morgan fingerprint density at radius 1 is 1.07 bits per heavy atom. The fourth-order valence-corrected chi connectivity index (χ4v) is 4.99. The smallest absolute Gasteiger partial charge is 0.273 e. The Kier molecular flexibility index (Phi) is 13.7. The molecule has 3 amide bonds. The maximum Gasteiger partial charge on any atom is 0.273 e. The van der Waals surface area contributed by atoms with Gasteiger partial charge in [0.1, 0.15) is 18.4 Å². The van der Waals surface area contributed by atoms with Crippen molar-refractivity contribution in [2.45, 2.75) is 92.0 Å². The van der Waals surface area contributed by atoms with Crippen molar-refractivity contribution < 1.29 is 19.5 Å². The number of rotatable bonds is 16. The van der Waals surface area contributed by atoms with E-state index in [4.69, 9.17) is 0 Å². The van der Waals surface area contributed by atoms with E-state index >= 15 is 0 Å². The fourth-order valence-electron chi connectivity index (χ4n) is 4.99. The van der Waals surface area contributed by atoms with Gasteiger partial charge in [0, 0.05) is 18.7 Å². The van der Waals surface area contributed by atoms with E-state index in [1.807, 2.05) is 4.90 Å². The number of benzene rings is 1. The Balaban J connectivity index is 2.34. The number of carbonyl (C=O) groups excluding carboxylic acids is 3. The number of nitriles is 1. The summed E-state index contributed by atoms with van der Waals surface area (Å²) in [6.07, 6.45) is 8.77. The van der Waals surface area contributed by atoms with E-state index in [1.165, 1.54) is 6.92 Å². The molecule has 0 bridgehead atoms. The molecular weight excluding hydrogens is 506 g/mol. The van der Waals surface area contributed by atoms with Gasteiger partial charge < -0.3 is 10.0 Å². The third-order valence-electron chi connectivity index (χ3n) is 7.73. The Labute approximate surface area is 238 Å². The van der Waals surface area contributed by atoms with Crippen LogP contribution in [0, 0.1) is 23.2 Å². The van der Waals surface area contributed by atoms with Crippen LogP contribution in [0.1, 0.15) is 96.3 Å². The zero-order valence-corrected chi connectivity index (χ0v) is 24.7. The van der Waals surface area contributed by atoms with Crippen LogP contribution in [0.3, 0.4) is 0 Å². The number of aliphatic hydroxyl groups is 1. The fraction of sp³-hybridized carbons (Fsp3) is 0.613. The van der Waals surface area contributed by atoms with Gasteiger partial charge in [0.15, 0.2) is 6.04 Å². The Morgan fingerprint density at radius 2 is 1.68 bits per heavy atom. The summed E-state index contributed by atoms with van der Waals surface area (Å²) in [6.45, 7) is 10.8. The summed E-state index contributed by atoms with van der Waals surface area (Å²) >= 11 is 0. The Bertz CT molecular complexity index is 1100. The highest BCUT2D eigenvalue weighted by Gasteiger charge is 2.39. The predicted molar refractivity (Wildman–Crippen MR) is 155 cm³/mol. The van der Waals surface area contributed by atoms with Crippen molar-refractivity contribution >= 4 is 23.4 Å². The van der Waals surface area contributed by atoms with Gasteiger partial charge >= 0.3 is 0 Å². The van der Waals surface area contributed by atoms with Crippen molar-refractivity contribution in [3.63, 3.8) is 0 Å². The molecule has 9 heteroatoms. The average Bonchev–Trinajstić information content (AvgIpc) is 2.96. The molecular formula is C31H45N5O4. The highest BCUT2D eigenvalue weighted by molar-refractivity contribution is 6.12. The average molecular weight is 552 g/mol. The minimum atomic E-state index is -1.21. The van der Waals surface area contributed by atoms with Gasteiger partial charge in [-0.3, -0.25) is 19.3 Å². The van der Waals surface area contributed by atoms with Crippen LogP contribution >= 0.6 is 0 Å². The van der Waals surface area contributed by atoms with Gasteiger partial charge in [0.05, 0.1) is 5.69 Å². The van der Waals surface area contributed by atoms with E-state index in [-0.39, 0.29) is 17.1 Å². The molecule has 3 unspecified atom stereocenters. The van der Waals surface area contributed by atoms with Gasteiger partial charge in [-0.1, -0.05) is 72.3 Å². The lowest BCUT2D eigenvalue weighted by Crippen LogP contribution is -2.48. The van der Waals surface area contributed by atoms with Crippen LogP contribution in [-0.2, 0) is 9.59 Å². The lowest BCUT2D eigenvalue weighted by atomic mass is 9.95. The first-order valence-electron chi connectivity index (χ1n) is 14.6. The lowest BCUT2D eigenvalue weighted by molar-refractivity contribution is -0.148. The molecule has 1 heterocycles. The standard InChI is InChI=1S/C31H45N5O4/c1-6-10-13-23(8-3)19-35(20-24(9-4)14-11-7-2)29(38)25-15-12-16-26(17-25)33-34-28-22(5)27(18-32)30(39)36(21-37)31(28)40/h12,15-17,23-24,28,37H,6-11,13-14,19-21H2,1-5H3. The maximum atomic E-state index is 13.8. The SMILES string of the molecule is CCCCC(CC)CN(CC(CC)CCCC)C(=O)c1cccc(N=NC2C(=O)N(CO)C(=O)C(C#N)=C2C)c1. The van der Waals surface area contributed by atoms with Crippen LogP contribution < -0.4 is 0 Å². The zero-order chi connectivity index (χ0) is 29.7. The van der Waals surface area contributed by atoms with Crippen LogP contribution in [0.4, 0.5) is 5.69 Å². The topological polar surface area (TPSA) is 126 Å². The van der Waals surface area contributed by atoms with E-state index < -0.39 is 24.6 Å². The van der Waals surface area contributed by atoms with Crippen molar-refractivity contribution in [1.82, 2.24) is 9.80 Å². The number of unbranched alkanes of at least 4 members (excludes halogenated alkanes) is 2. The molecule has 1 aliphatic heterocycles. The van der Waals surface area contributed by atoms with Gasteiger partial charge in [0.25, 0.3) is 17.7 Å². The number of amides is 3. The van der Waals surface area contributed by atoms with Gasteiger partial charge in [-0.2, -0.15) is 15.5 Å². The molecule has 0 fully saturated rings. The molecule has 1 aliphatic rings. The molecule has 0 aliphatic carbocycles. The van der Waals surface area contributed by atoms with E-state index in [0.29, 0.717) is 41.1 Å². The quantitative estimate of drug-likeness (QED) is 0.194. The molecule has 0 saturated heterocycles. The summed E-state index contributed by atoms with van der Waals surface area (Å²) in [4.78, 5) is 41.4. The van der Waals surface area contributed by atoms with Crippen molar-refractivity contribution in [1.29, 1.82) is 5.26 Å². The van der Waals surface area contributed by atoms with Crippen molar-refractivity contribution in [3.8, 4) is 6.07 Å². The predicted octanol–water partition coefficient (Wildman–Crippen LogP) is 6.17. The van der Waals surface area contributed by atoms with Gasteiger partial charge in [0.2, 0.25) is 0 Å². The molecule has 40 heavy (non-hydrogen) atoms. The highest BCUT2D eigenvalue weighted by atomic mass is 16.3. The van der Waals surface area contributed by atoms with E-state index in [1.54, 1.807) is 30.3 Å². The third kappa shape index (κ3) is 8.56. The maximum absolute atomic E-state index is 13.8. The summed E-state index contributed by atoms with van der Waals surface area (Å²) < 4.78 is 0. The number of nitrogens with zero attached hydrogens (tertiary/aromatic N) is 5. The number of imide groups is 1. The first kappa shape index (κ1) is 32.8. The number of carbonyl (C=O) groups is 3. The van der Waals surface area contributed by atoms with Gasteiger partial charge in [-0.05, 0) is 55.4 Å². The molecule has 1 aromatic rings. The van der Waals surface area contributed by atoms with E-state index in [0.717, 1.165) is 51.4 Å². The highest BCUT2D eigenvalue weighted by Crippen LogP contribution is 2.26. The molecule has 0 aromatic heterocycles. The lowest BCUT2D eigenvalue weighted by Gasteiger charge is -2.31. The van der Waals surface area contributed by atoms with Crippen LogP contribution in [0.5, 0.6) is 0 Å². The van der Waals surface area contributed by atoms with Crippen LogP contribution in [0.2, 0.25) is 0 Å². The molecule has 218 valence electrons. The summed E-state index contributed by atoms with van der Waals surface area (Å²) in [5.41, 5.74) is 0.826. The second-order valence-corrected chi connectivity index (χ2v) is 10.6. The van der Waals surface area contributed by atoms with Crippen molar-refractivity contribution in [3.05, 3.63) is 41.0 Å². The Hall–Kier alpha value is -3.38. The number of aliphatic hydroxyl groups excluding tert-OH is 1. The molecule has 1 N–H and O–H groups in total. The molecule has 2 rings (SSSR count). The Morgan fingerprint density at radius 3 is 2.17 bits per heavy atom. The number of hydrogen-bond acceptors (Lipinski definition) is 7. The zero-order valence-electron chi connectivity index (χ0n) is 24.7. The monoisotopic (exact) mass is 551 g/mol. The van der Waals surface area contributed by atoms with Crippen molar-refractivity contribution in [2.75, 3.05) is 19.8 Å². The van der Waals surface area contributed by atoms with Crippen LogP contribution in [0.15, 0.2) is 45.6 Å². The largest absolute Gasteiger partial charge is 0.376 e. The minimum Gasteiger partial charge on any atom is -0.376 e. The first-order chi connectivity index (χ1) is 19.3. The molecule has 3 atom stereocenters. The number of hydrogen-bond donors (Lipinski definition) is 1. The van der Waals surface area contributed by atoms with Gasteiger partial charge in [-0.25, -0.2) is 0 Å². The summed E-state index contributed by atoms with van der Waals surface area (Å²) in [5, 5.41) is 27.2. The van der Waals surface area contributed by atoms with Crippen LogP contribution in [0.25, 0.3) is 0 Å².